The van der Waals surface area contributed by atoms with E-state index in [-0.39, 0.29) is 0 Å². The molecule has 1 N–H and O–H groups in total. The summed E-state index contributed by atoms with van der Waals surface area (Å²) in [7, 11) is 2.04. The summed E-state index contributed by atoms with van der Waals surface area (Å²) in [4.78, 5) is 2.15. The van der Waals surface area contributed by atoms with Crippen LogP contribution in [0.3, 0.4) is 0 Å². The molecule has 0 amide bonds. The highest BCUT2D eigenvalue weighted by atomic mass is 79.9. The maximum Gasteiger partial charge on any atom is 0.0718 e. The first kappa shape index (κ1) is 13.7. The van der Waals surface area contributed by atoms with Crippen LogP contribution in [0.4, 0.5) is 0 Å². The van der Waals surface area contributed by atoms with Gasteiger partial charge in [-0.3, -0.25) is 0 Å². The largest absolute Gasteiger partial charge is 0.389 e. The van der Waals surface area contributed by atoms with Crippen LogP contribution in [-0.4, -0.2) is 35.7 Å². The smallest absolute Gasteiger partial charge is 0.0718 e. The van der Waals surface area contributed by atoms with Gasteiger partial charge in [-0.1, -0.05) is 34.1 Å². The molecule has 1 aromatic carbocycles. The lowest BCUT2D eigenvalue weighted by Gasteiger charge is -2.25. The molecule has 1 rings (SSSR count). The van der Waals surface area contributed by atoms with Crippen LogP contribution < -0.4 is 0 Å². The average Bonchev–Trinajstić information content (AvgIpc) is 2.14. The van der Waals surface area contributed by atoms with Crippen molar-refractivity contribution in [1.29, 1.82) is 0 Å². The first-order valence-electron chi connectivity index (χ1n) is 5.53. The van der Waals surface area contributed by atoms with Crippen LogP contribution in [0.1, 0.15) is 19.4 Å². The Labute approximate surface area is 106 Å². The molecule has 0 saturated heterocycles. The molecule has 0 unspecified atom stereocenters. The number of rotatable bonds is 5. The molecule has 16 heavy (non-hydrogen) atoms. The highest BCUT2D eigenvalue weighted by Gasteiger charge is 2.15. The topological polar surface area (TPSA) is 23.5 Å². The second-order valence-electron chi connectivity index (χ2n) is 4.89. The normalized spacial score (nSPS) is 12.1. The van der Waals surface area contributed by atoms with Gasteiger partial charge < -0.3 is 10.0 Å². The first-order valence-corrected chi connectivity index (χ1v) is 6.32. The highest BCUT2D eigenvalue weighted by Crippen LogP contribution is 2.16. The van der Waals surface area contributed by atoms with Crippen molar-refractivity contribution in [3.05, 3.63) is 34.3 Å². The molecule has 0 spiro atoms. The number of hydrogen-bond donors (Lipinski definition) is 1. The van der Waals surface area contributed by atoms with E-state index >= 15 is 0 Å². The Morgan fingerprint density at radius 1 is 1.31 bits per heavy atom. The van der Waals surface area contributed by atoms with Crippen molar-refractivity contribution in [3.8, 4) is 0 Å². The van der Waals surface area contributed by atoms with Crippen LogP contribution in [0.5, 0.6) is 0 Å². The number of halogens is 1. The summed E-state index contributed by atoms with van der Waals surface area (Å²) >= 11 is 3.54. The Kier molecular flexibility index (Phi) is 4.96. The summed E-state index contributed by atoms with van der Waals surface area (Å²) in [6, 6.07) is 8.26. The SMILES string of the molecule is CN(CCc1ccccc1Br)CC(C)(C)O. The van der Waals surface area contributed by atoms with Gasteiger partial charge in [0.05, 0.1) is 5.60 Å². The van der Waals surface area contributed by atoms with E-state index in [0.29, 0.717) is 6.54 Å². The van der Waals surface area contributed by atoms with Crippen molar-refractivity contribution < 1.29 is 5.11 Å². The van der Waals surface area contributed by atoms with Gasteiger partial charge in [0, 0.05) is 17.6 Å². The minimum absolute atomic E-state index is 0.622. The molecule has 2 nitrogen and oxygen atoms in total. The van der Waals surface area contributed by atoms with E-state index in [9.17, 15) is 5.11 Å². The fourth-order valence-corrected chi connectivity index (χ4v) is 2.24. The van der Waals surface area contributed by atoms with Gasteiger partial charge in [0.1, 0.15) is 0 Å². The van der Waals surface area contributed by atoms with Gasteiger partial charge in [0.15, 0.2) is 0 Å². The second-order valence-corrected chi connectivity index (χ2v) is 5.75. The van der Waals surface area contributed by atoms with E-state index in [0.717, 1.165) is 17.4 Å². The summed E-state index contributed by atoms with van der Waals surface area (Å²) in [5, 5.41) is 9.69. The Hall–Kier alpha value is -0.380. The van der Waals surface area contributed by atoms with Crippen LogP contribution in [0.2, 0.25) is 0 Å². The van der Waals surface area contributed by atoms with Crippen LogP contribution >= 0.6 is 15.9 Å². The minimum Gasteiger partial charge on any atom is -0.389 e. The van der Waals surface area contributed by atoms with Gasteiger partial charge in [-0.25, -0.2) is 0 Å². The zero-order valence-corrected chi connectivity index (χ0v) is 11.8. The van der Waals surface area contributed by atoms with Crippen LogP contribution in [-0.2, 0) is 6.42 Å². The Morgan fingerprint density at radius 2 is 1.94 bits per heavy atom. The lowest BCUT2D eigenvalue weighted by molar-refractivity contribution is 0.0449. The van der Waals surface area contributed by atoms with Crippen molar-refractivity contribution >= 4 is 15.9 Å². The fourth-order valence-electron chi connectivity index (χ4n) is 1.75. The third-order valence-electron chi connectivity index (χ3n) is 2.38. The zero-order chi connectivity index (χ0) is 12.2. The summed E-state index contributed by atoms with van der Waals surface area (Å²) in [6.45, 7) is 5.31. The molecule has 0 saturated carbocycles. The molecule has 0 heterocycles. The predicted molar refractivity (Wildman–Crippen MR) is 71.6 cm³/mol. The summed E-state index contributed by atoms with van der Waals surface area (Å²) in [5.41, 5.74) is 0.688. The van der Waals surface area contributed by atoms with Crippen LogP contribution in [0, 0.1) is 0 Å². The lowest BCUT2D eigenvalue weighted by atomic mass is 10.1. The van der Waals surface area contributed by atoms with E-state index in [1.165, 1.54) is 5.56 Å². The van der Waals surface area contributed by atoms with Crippen molar-refractivity contribution in [2.75, 3.05) is 20.1 Å². The summed E-state index contributed by atoms with van der Waals surface area (Å²) in [5.74, 6) is 0. The quantitative estimate of drug-likeness (QED) is 0.899. The molecule has 0 aliphatic carbocycles. The number of likely N-dealkylation sites (N-methyl/N-ethyl adjacent to an activating group) is 1. The number of nitrogens with zero attached hydrogens (tertiary/aromatic N) is 1. The third kappa shape index (κ3) is 5.10. The molecule has 0 aliphatic heterocycles. The Morgan fingerprint density at radius 3 is 2.50 bits per heavy atom. The molecule has 0 atom stereocenters. The Balaban J connectivity index is 2.43. The summed E-state index contributed by atoms with van der Waals surface area (Å²) < 4.78 is 1.16. The van der Waals surface area contributed by atoms with Gasteiger partial charge in [-0.2, -0.15) is 0 Å². The van der Waals surface area contributed by atoms with Gasteiger partial charge in [-0.05, 0) is 38.9 Å². The first-order chi connectivity index (χ1) is 7.38. The summed E-state index contributed by atoms with van der Waals surface area (Å²) in [6.07, 6.45) is 0.994. The van der Waals surface area contributed by atoms with Crippen LogP contribution in [0.15, 0.2) is 28.7 Å². The molecule has 0 aromatic heterocycles. The lowest BCUT2D eigenvalue weighted by Crippen LogP contribution is -2.37. The number of aliphatic hydroxyl groups is 1. The molecule has 3 heteroatoms. The van der Waals surface area contributed by atoms with Gasteiger partial charge >= 0.3 is 0 Å². The molecular weight excluding hydrogens is 266 g/mol. The molecule has 0 bridgehead atoms. The fraction of sp³-hybridized carbons (Fsp3) is 0.538. The monoisotopic (exact) mass is 285 g/mol. The zero-order valence-electron chi connectivity index (χ0n) is 10.2. The molecule has 0 aliphatic rings. The van der Waals surface area contributed by atoms with Crippen LogP contribution in [0.25, 0.3) is 0 Å². The molecule has 90 valence electrons. The maximum absolute atomic E-state index is 9.69. The van der Waals surface area contributed by atoms with E-state index in [2.05, 4.69) is 39.0 Å². The van der Waals surface area contributed by atoms with Crippen molar-refractivity contribution in [2.45, 2.75) is 25.9 Å². The van der Waals surface area contributed by atoms with Gasteiger partial charge in [0.2, 0.25) is 0 Å². The minimum atomic E-state index is -0.622. The molecule has 0 radical (unpaired) electrons. The second kappa shape index (κ2) is 5.80. The van der Waals surface area contributed by atoms with E-state index in [4.69, 9.17) is 0 Å². The predicted octanol–water partition coefficient (Wildman–Crippen LogP) is 2.69. The van der Waals surface area contributed by atoms with E-state index < -0.39 is 5.60 Å². The molecule has 0 fully saturated rings. The van der Waals surface area contributed by atoms with Crippen molar-refractivity contribution in [1.82, 2.24) is 4.90 Å². The average molecular weight is 286 g/mol. The third-order valence-corrected chi connectivity index (χ3v) is 3.15. The van der Waals surface area contributed by atoms with Gasteiger partial charge in [0.25, 0.3) is 0 Å². The number of benzene rings is 1. The Bertz CT molecular complexity index is 333. The van der Waals surface area contributed by atoms with Gasteiger partial charge in [-0.15, -0.1) is 0 Å². The highest BCUT2D eigenvalue weighted by molar-refractivity contribution is 9.10. The maximum atomic E-state index is 9.69. The number of hydrogen-bond acceptors (Lipinski definition) is 2. The van der Waals surface area contributed by atoms with E-state index in [1.807, 2.05) is 27.0 Å². The van der Waals surface area contributed by atoms with Crippen molar-refractivity contribution in [3.63, 3.8) is 0 Å². The van der Waals surface area contributed by atoms with E-state index in [1.54, 1.807) is 0 Å². The van der Waals surface area contributed by atoms with Crippen molar-refractivity contribution in [2.24, 2.45) is 0 Å². The molecule has 1 aromatic rings. The standard InChI is InChI=1S/C13H20BrNO/c1-13(2,16)10-15(3)9-8-11-6-4-5-7-12(11)14/h4-7,16H,8-10H2,1-3H3. The molecular formula is C13H20BrNO.